The Morgan fingerprint density at radius 3 is 1.27 bits per heavy atom. The van der Waals surface area contributed by atoms with Crippen molar-refractivity contribution < 1.29 is 20.4 Å². The minimum atomic E-state index is -0.105. The molecule has 0 saturated carbocycles. The number of benzene rings is 3. The van der Waals surface area contributed by atoms with Crippen molar-refractivity contribution in [3.05, 3.63) is 82.9 Å². The molecule has 0 bridgehead atoms. The monoisotopic (exact) mass is 350 g/mol. The maximum absolute atomic E-state index is 9.62. The molecular weight excluding hydrogens is 328 g/mol. The molecule has 4 heteroatoms. The number of phenolic OH excluding ortho intramolecular Hbond substituents is 4. The lowest BCUT2D eigenvalue weighted by Gasteiger charge is -2.11. The summed E-state index contributed by atoms with van der Waals surface area (Å²) >= 11 is 0. The van der Waals surface area contributed by atoms with Gasteiger partial charge in [-0.25, -0.2) is 0 Å². The molecule has 0 aliphatic heterocycles. The largest absolute Gasteiger partial charge is 0.504 e. The highest BCUT2D eigenvalue weighted by molar-refractivity contribution is 5.42. The van der Waals surface area contributed by atoms with Crippen molar-refractivity contribution >= 4 is 0 Å². The first-order valence-electron chi connectivity index (χ1n) is 8.61. The van der Waals surface area contributed by atoms with Gasteiger partial charge in [-0.05, 0) is 72.2 Å². The van der Waals surface area contributed by atoms with Crippen LogP contribution < -0.4 is 0 Å². The number of hydrogen-bond donors (Lipinski definition) is 4. The Balaban J connectivity index is 1.67. The van der Waals surface area contributed by atoms with Crippen LogP contribution in [0.1, 0.15) is 22.3 Å². The minimum Gasteiger partial charge on any atom is -0.504 e. The molecule has 0 saturated heterocycles. The van der Waals surface area contributed by atoms with Gasteiger partial charge in [-0.15, -0.1) is 0 Å². The van der Waals surface area contributed by atoms with Crippen LogP contribution in [0.2, 0.25) is 0 Å². The van der Waals surface area contributed by atoms with E-state index < -0.39 is 0 Å². The van der Waals surface area contributed by atoms with Crippen molar-refractivity contribution in [2.24, 2.45) is 0 Å². The highest BCUT2D eigenvalue weighted by Gasteiger charge is 2.06. The van der Waals surface area contributed by atoms with Gasteiger partial charge >= 0.3 is 0 Å². The molecule has 3 aromatic carbocycles. The maximum Gasteiger partial charge on any atom is 0.157 e. The van der Waals surface area contributed by atoms with Crippen molar-refractivity contribution in [1.29, 1.82) is 0 Å². The van der Waals surface area contributed by atoms with Crippen LogP contribution in [0, 0.1) is 0 Å². The molecule has 0 radical (unpaired) electrons. The van der Waals surface area contributed by atoms with Gasteiger partial charge in [-0.2, -0.15) is 0 Å². The lowest BCUT2D eigenvalue weighted by atomic mass is 9.95. The zero-order valence-electron chi connectivity index (χ0n) is 14.4. The summed E-state index contributed by atoms with van der Waals surface area (Å²) in [6.07, 6.45) is 3.21. The topological polar surface area (TPSA) is 80.9 Å². The summed E-state index contributed by atoms with van der Waals surface area (Å²) in [7, 11) is 0. The Hall–Kier alpha value is -3.14. The van der Waals surface area contributed by atoms with Gasteiger partial charge in [-0.3, -0.25) is 0 Å². The Labute approximate surface area is 152 Å². The van der Waals surface area contributed by atoms with Gasteiger partial charge in [0.2, 0.25) is 0 Å². The van der Waals surface area contributed by atoms with Crippen molar-refractivity contribution in [2.75, 3.05) is 0 Å². The van der Waals surface area contributed by atoms with Gasteiger partial charge in [-0.1, -0.05) is 36.4 Å². The van der Waals surface area contributed by atoms with E-state index in [-0.39, 0.29) is 23.0 Å². The molecule has 3 rings (SSSR count). The molecule has 4 N–H and O–H groups in total. The minimum absolute atomic E-state index is 0.0945. The zero-order valence-corrected chi connectivity index (χ0v) is 14.4. The molecule has 4 nitrogen and oxygen atoms in total. The number of rotatable bonds is 6. The molecule has 0 aliphatic carbocycles. The van der Waals surface area contributed by atoms with Gasteiger partial charge in [0.1, 0.15) is 0 Å². The summed E-state index contributed by atoms with van der Waals surface area (Å²) in [5.74, 6) is -0.400. The van der Waals surface area contributed by atoms with Crippen LogP contribution in [0.25, 0.3) is 0 Å². The molecule has 0 heterocycles. The average molecular weight is 350 g/mol. The number of aryl methyl sites for hydroxylation is 4. The predicted molar refractivity (Wildman–Crippen MR) is 101 cm³/mol. The third kappa shape index (κ3) is 4.28. The Morgan fingerprint density at radius 1 is 0.462 bits per heavy atom. The van der Waals surface area contributed by atoms with Crippen LogP contribution in [0.15, 0.2) is 60.7 Å². The van der Waals surface area contributed by atoms with Crippen LogP contribution >= 0.6 is 0 Å². The van der Waals surface area contributed by atoms with E-state index in [0.29, 0.717) is 0 Å². The maximum atomic E-state index is 9.62. The van der Waals surface area contributed by atoms with E-state index in [9.17, 15) is 20.4 Å². The molecule has 3 aromatic rings. The third-order valence-corrected chi connectivity index (χ3v) is 4.56. The lowest BCUT2D eigenvalue weighted by molar-refractivity contribution is 0.403. The fourth-order valence-corrected chi connectivity index (χ4v) is 3.05. The van der Waals surface area contributed by atoms with E-state index in [1.54, 1.807) is 12.1 Å². The molecular formula is C22H22O4. The standard InChI is InChI=1S/C22H22O4/c23-19-11-7-15(13-21(19)25)5-9-17-3-1-2-4-18(17)10-6-16-8-12-20(24)22(26)14-16/h1-4,7-8,11-14,23-26H,5-6,9-10H2. The summed E-state index contributed by atoms with van der Waals surface area (Å²) in [6, 6.07) is 18.1. The van der Waals surface area contributed by atoms with Crippen LogP contribution in [-0.4, -0.2) is 20.4 Å². The van der Waals surface area contributed by atoms with Crippen LogP contribution in [0.4, 0.5) is 0 Å². The van der Waals surface area contributed by atoms with Crippen molar-refractivity contribution in [1.82, 2.24) is 0 Å². The molecule has 134 valence electrons. The Bertz CT molecular complexity index is 828. The number of aromatic hydroxyl groups is 4. The molecule has 0 unspecified atom stereocenters. The zero-order chi connectivity index (χ0) is 18.5. The van der Waals surface area contributed by atoms with Crippen LogP contribution in [-0.2, 0) is 25.7 Å². The van der Waals surface area contributed by atoms with Gasteiger partial charge in [0.25, 0.3) is 0 Å². The molecule has 0 aromatic heterocycles. The van der Waals surface area contributed by atoms with Crippen molar-refractivity contribution in [3.8, 4) is 23.0 Å². The summed E-state index contributed by atoms with van der Waals surface area (Å²) in [5, 5.41) is 38.0. The lowest BCUT2D eigenvalue weighted by Crippen LogP contribution is -1.99. The van der Waals surface area contributed by atoms with E-state index >= 15 is 0 Å². The quantitative estimate of drug-likeness (QED) is 0.505. The molecule has 0 fully saturated rings. The fraction of sp³-hybridized carbons (Fsp3) is 0.182. The molecule has 26 heavy (non-hydrogen) atoms. The summed E-state index contributed by atoms with van der Waals surface area (Å²) in [5.41, 5.74) is 4.42. The highest BCUT2D eigenvalue weighted by atomic mass is 16.3. The average Bonchev–Trinajstić information content (AvgIpc) is 2.64. The molecule has 0 atom stereocenters. The van der Waals surface area contributed by atoms with Crippen LogP contribution in [0.5, 0.6) is 23.0 Å². The Morgan fingerprint density at radius 2 is 0.885 bits per heavy atom. The van der Waals surface area contributed by atoms with E-state index in [1.807, 2.05) is 24.3 Å². The smallest absolute Gasteiger partial charge is 0.157 e. The fourth-order valence-electron chi connectivity index (χ4n) is 3.05. The van der Waals surface area contributed by atoms with Crippen molar-refractivity contribution in [3.63, 3.8) is 0 Å². The number of phenols is 4. The van der Waals surface area contributed by atoms with E-state index in [1.165, 1.54) is 23.3 Å². The van der Waals surface area contributed by atoms with E-state index in [0.717, 1.165) is 36.8 Å². The van der Waals surface area contributed by atoms with Gasteiger partial charge in [0, 0.05) is 0 Å². The first-order chi connectivity index (χ1) is 12.5. The van der Waals surface area contributed by atoms with Crippen LogP contribution in [0.3, 0.4) is 0 Å². The second-order valence-corrected chi connectivity index (χ2v) is 6.41. The highest BCUT2D eigenvalue weighted by Crippen LogP contribution is 2.27. The Kier molecular flexibility index (Phi) is 5.32. The van der Waals surface area contributed by atoms with Crippen molar-refractivity contribution in [2.45, 2.75) is 25.7 Å². The normalized spacial score (nSPS) is 10.8. The summed E-state index contributed by atoms with van der Waals surface area (Å²) in [4.78, 5) is 0. The second-order valence-electron chi connectivity index (χ2n) is 6.41. The van der Waals surface area contributed by atoms with Gasteiger partial charge in [0.15, 0.2) is 23.0 Å². The van der Waals surface area contributed by atoms with Gasteiger partial charge in [0.05, 0.1) is 0 Å². The summed E-state index contributed by atoms with van der Waals surface area (Å²) in [6.45, 7) is 0. The van der Waals surface area contributed by atoms with E-state index in [4.69, 9.17) is 0 Å². The van der Waals surface area contributed by atoms with E-state index in [2.05, 4.69) is 12.1 Å². The summed E-state index contributed by atoms with van der Waals surface area (Å²) < 4.78 is 0. The van der Waals surface area contributed by atoms with Gasteiger partial charge < -0.3 is 20.4 Å². The molecule has 0 amide bonds. The first kappa shape index (κ1) is 17.7. The molecule has 0 spiro atoms. The molecule has 0 aliphatic rings. The number of hydrogen-bond acceptors (Lipinski definition) is 4. The second kappa shape index (κ2) is 7.83. The first-order valence-corrected chi connectivity index (χ1v) is 8.61. The third-order valence-electron chi connectivity index (χ3n) is 4.56. The predicted octanol–water partition coefficient (Wildman–Crippen LogP) is 4.08. The SMILES string of the molecule is Oc1ccc(CCc2ccccc2CCc2ccc(O)c(O)c2)cc1O.